The molecule has 1 aliphatic rings. The molecule has 0 aromatic carbocycles. The molecule has 1 aliphatic carbocycles. The van der Waals surface area contributed by atoms with Crippen molar-refractivity contribution in [3.63, 3.8) is 0 Å². The molecule has 7 heteroatoms. The van der Waals surface area contributed by atoms with Gasteiger partial charge in [0.1, 0.15) is 16.3 Å². The number of methoxy groups -OCH3 is 1. The van der Waals surface area contributed by atoms with Gasteiger partial charge in [-0.2, -0.15) is 4.98 Å². The maximum Gasteiger partial charge on any atom is 0.277 e. The topological polar surface area (TPSA) is 87.1 Å². The van der Waals surface area contributed by atoms with E-state index in [9.17, 15) is 0 Å². The van der Waals surface area contributed by atoms with Gasteiger partial charge in [0, 0.05) is 19.0 Å². The standard InChI is InChI=1S/C13H18N4O2S/c1-18-13(5-3-2-4-6-13)12-16-11(19-17-12)9-8-20-10(7-14)15-9/h8H,2-7,14H2,1H3. The average molecular weight is 294 g/mol. The lowest BCUT2D eigenvalue weighted by molar-refractivity contribution is -0.0527. The highest BCUT2D eigenvalue weighted by Crippen LogP contribution is 2.39. The molecule has 20 heavy (non-hydrogen) atoms. The van der Waals surface area contributed by atoms with Gasteiger partial charge in [-0.15, -0.1) is 11.3 Å². The van der Waals surface area contributed by atoms with E-state index in [1.807, 2.05) is 5.38 Å². The summed E-state index contributed by atoms with van der Waals surface area (Å²) in [6, 6.07) is 0. The Bertz CT molecular complexity index is 574. The Morgan fingerprint density at radius 3 is 2.80 bits per heavy atom. The van der Waals surface area contributed by atoms with Crippen molar-refractivity contribution < 1.29 is 9.26 Å². The molecule has 2 heterocycles. The third kappa shape index (κ3) is 2.36. The first-order chi connectivity index (χ1) is 9.77. The predicted molar refractivity (Wildman–Crippen MR) is 75.1 cm³/mol. The van der Waals surface area contributed by atoms with Gasteiger partial charge in [0.25, 0.3) is 5.89 Å². The highest BCUT2D eigenvalue weighted by atomic mass is 32.1. The summed E-state index contributed by atoms with van der Waals surface area (Å²) in [5.41, 5.74) is 5.86. The van der Waals surface area contributed by atoms with Gasteiger partial charge in [0.15, 0.2) is 0 Å². The van der Waals surface area contributed by atoms with Crippen LogP contribution in [0.15, 0.2) is 9.90 Å². The van der Waals surface area contributed by atoms with E-state index in [0.717, 1.165) is 30.7 Å². The van der Waals surface area contributed by atoms with E-state index < -0.39 is 5.60 Å². The van der Waals surface area contributed by atoms with E-state index in [-0.39, 0.29) is 0 Å². The number of hydrogen-bond acceptors (Lipinski definition) is 7. The summed E-state index contributed by atoms with van der Waals surface area (Å²) in [5, 5.41) is 6.87. The lowest BCUT2D eigenvalue weighted by Crippen LogP contribution is -2.32. The van der Waals surface area contributed by atoms with Crippen LogP contribution in [-0.4, -0.2) is 22.2 Å². The lowest BCUT2D eigenvalue weighted by Gasteiger charge is -2.32. The van der Waals surface area contributed by atoms with Crippen LogP contribution in [0.2, 0.25) is 0 Å². The Morgan fingerprint density at radius 1 is 1.35 bits per heavy atom. The fraction of sp³-hybridized carbons (Fsp3) is 0.615. The molecule has 0 amide bonds. The summed E-state index contributed by atoms with van der Waals surface area (Å²) in [6.07, 6.45) is 5.38. The van der Waals surface area contributed by atoms with E-state index in [4.69, 9.17) is 15.0 Å². The van der Waals surface area contributed by atoms with Gasteiger partial charge >= 0.3 is 0 Å². The van der Waals surface area contributed by atoms with E-state index in [1.165, 1.54) is 17.8 Å². The maximum absolute atomic E-state index is 5.72. The smallest absolute Gasteiger partial charge is 0.277 e. The molecular formula is C13H18N4O2S. The molecule has 0 spiro atoms. The molecule has 2 N–H and O–H groups in total. The second-order valence-electron chi connectivity index (χ2n) is 5.01. The molecule has 1 saturated carbocycles. The molecule has 0 unspecified atom stereocenters. The van der Waals surface area contributed by atoms with Crippen molar-refractivity contribution in [3.05, 3.63) is 16.2 Å². The molecule has 108 valence electrons. The third-order valence-corrected chi connectivity index (χ3v) is 4.70. The second kappa shape index (κ2) is 5.59. The monoisotopic (exact) mass is 294 g/mol. The minimum absolute atomic E-state index is 0.396. The maximum atomic E-state index is 5.72. The zero-order valence-corrected chi connectivity index (χ0v) is 12.3. The molecule has 0 aliphatic heterocycles. The van der Waals surface area contributed by atoms with Crippen molar-refractivity contribution in [3.8, 4) is 11.6 Å². The Kier molecular flexibility index (Phi) is 3.82. The average Bonchev–Trinajstić information content (AvgIpc) is 3.16. The number of hydrogen-bond donors (Lipinski definition) is 1. The predicted octanol–water partition coefficient (Wildman–Crippen LogP) is 2.46. The van der Waals surface area contributed by atoms with Crippen molar-refractivity contribution in [2.24, 2.45) is 5.73 Å². The molecule has 2 aromatic rings. The normalized spacial score (nSPS) is 18.3. The zero-order valence-electron chi connectivity index (χ0n) is 11.5. The van der Waals surface area contributed by atoms with Crippen LogP contribution in [0.3, 0.4) is 0 Å². The Hall–Kier alpha value is -1.31. The molecule has 1 fully saturated rings. The number of ether oxygens (including phenoxy) is 1. The van der Waals surface area contributed by atoms with E-state index in [0.29, 0.717) is 24.0 Å². The summed E-state index contributed by atoms with van der Waals surface area (Å²) in [7, 11) is 1.72. The molecule has 3 rings (SSSR count). The van der Waals surface area contributed by atoms with Crippen molar-refractivity contribution in [1.82, 2.24) is 15.1 Å². The molecule has 2 aromatic heterocycles. The van der Waals surface area contributed by atoms with Gasteiger partial charge in [0.05, 0.1) is 0 Å². The zero-order chi connectivity index (χ0) is 14.0. The minimum atomic E-state index is -0.396. The SMILES string of the molecule is COC1(c2noc(-c3csc(CN)n3)n2)CCCCC1. The van der Waals surface area contributed by atoms with Crippen LogP contribution in [0.25, 0.3) is 11.6 Å². The van der Waals surface area contributed by atoms with Gasteiger partial charge in [-0.3, -0.25) is 0 Å². The number of aromatic nitrogens is 3. The van der Waals surface area contributed by atoms with Gasteiger partial charge in [-0.1, -0.05) is 24.4 Å². The highest BCUT2D eigenvalue weighted by Gasteiger charge is 2.38. The van der Waals surface area contributed by atoms with Crippen molar-refractivity contribution in [2.45, 2.75) is 44.2 Å². The first-order valence-electron chi connectivity index (χ1n) is 6.81. The van der Waals surface area contributed by atoms with Gasteiger partial charge in [0.2, 0.25) is 5.82 Å². The van der Waals surface area contributed by atoms with Gasteiger partial charge in [-0.25, -0.2) is 4.98 Å². The highest BCUT2D eigenvalue weighted by molar-refractivity contribution is 7.09. The van der Waals surface area contributed by atoms with Crippen LogP contribution < -0.4 is 5.73 Å². The van der Waals surface area contributed by atoms with E-state index >= 15 is 0 Å². The quantitative estimate of drug-likeness (QED) is 0.932. The fourth-order valence-corrected chi connectivity index (χ4v) is 3.31. The molecule has 6 nitrogen and oxygen atoms in total. The summed E-state index contributed by atoms with van der Waals surface area (Å²) in [6.45, 7) is 0.424. The van der Waals surface area contributed by atoms with Crippen molar-refractivity contribution in [1.29, 1.82) is 0 Å². The van der Waals surface area contributed by atoms with Crippen molar-refractivity contribution >= 4 is 11.3 Å². The van der Waals surface area contributed by atoms with Crippen molar-refractivity contribution in [2.75, 3.05) is 7.11 Å². The molecule has 0 saturated heterocycles. The molecular weight excluding hydrogens is 276 g/mol. The number of thiazole rings is 1. The Morgan fingerprint density at radius 2 is 2.15 bits per heavy atom. The van der Waals surface area contributed by atoms with Gasteiger partial charge in [-0.05, 0) is 12.8 Å². The van der Waals surface area contributed by atoms with E-state index in [1.54, 1.807) is 7.11 Å². The minimum Gasteiger partial charge on any atom is -0.370 e. The molecule has 0 atom stereocenters. The number of rotatable bonds is 4. The number of nitrogens with two attached hydrogens (primary N) is 1. The van der Waals surface area contributed by atoms with Gasteiger partial charge < -0.3 is 15.0 Å². The Labute approximate surface area is 121 Å². The van der Waals surface area contributed by atoms with Crippen LogP contribution in [0.1, 0.15) is 42.9 Å². The lowest BCUT2D eigenvalue weighted by atomic mass is 9.84. The number of nitrogens with zero attached hydrogens (tertiary/aromatic N) is 3. The molecule has 0 bridgehead atoms. The van der Waals surface area contributed by atoms with E-state index in [2.05, 4.69) is 15.1 Å². The van der Waals surface area contributed by atoms with Crippen LogP contribution in [0.5, 0.6) is 0 Å². The second-order valence-corrected chi connectivity index (χ2v) is 5.96. The first kappa shape index (κ1) is 13.7. The summed E-state index contributed by atoms with van der Waals surface area (Å²) < 4.78 is 11.1. The summed E-state index contributed by atoms with van der Waals surface area (Å²) in [5.74, 6) is 1.08. The largest absolute Gasteiger partial charge is 0.370 e. The fourth-order valence-electron chi connectivity index (χ4n) is 2.66. The Balaban J connectivity index is 1.88. The molecule has 0 radical (unpaired) electrons. The van der Waals surface area contributed by atoms with Crippen LogP contribution in [0.4, 0.5) is 0 Å². The van der Waals surface area contributed by atoms with Crippen LogP contribution in [0, 0.1) is 0 Å². The van der Waals surface area contributed by atoms with Crippen LogP contribution in [-0.2, 0) is 16.9 Å². The summed E-state index contributed by atoms with van der Waals surface area (Å²) in [4.78, 5) is 8.86. The third-order valence-electron chi connectivity index (χ3n) is 3.83. The summed E-state index contributed by atoms with van der Waals surface area (Å²) >= 11 is 1.50. The first-order valence-corrected chi connectivity index (χ1v) is 7.69. The van der Waals surface area contributed by atoms with Crippen LogP contribution >= 0.6 is 11.3 Å².